The van der Waals surface area contributed by atoms with Gasteiger partial charge in [-0.1, -0.05) is 0 Å². The molecule has 0 aliphatic carbocycles. The summed E-state index contributed by atoms with van der Waals surface area (Å²) in [7, 11) is 0. The molecule has 1 fully saturated rings. The zero-order chi connectivity index (χ0) is 12.1. The van der Waals surface area contributed by atoms with Crippen molar-refractivity contribution >= 4 is 5.91 Å². The van der Waals surface area contributed by atoms with Crippen LogP contribution >= 0.6 is 0 Å². The zero-order valence-corrected chi connectivity index (χ0v) is 9.49. The average Bonchev–Trinajstić information content (AvgIpc) is 2.82. The molecule has 92 valence electrons. The summed E-state index contributed by atoms with van der Waals surface area (Å²) in [6.45, 7) is 2.19. The van der Waals surface area contributed by atoms with E-state index in [1.54, 1.807) is 0 Å². The summed E-state index contributed by atoms with van der Waals surface area (Å²) < 4.78 is 18.0. The smallest absolute Gasteiger partial charge is 0.251 e. The Hall–Kier alpha value is -1.49. The van der Waals surface area contributed by atoms with Crippen LogP contribution in [0.5, 0.6) is 0 Å². The number of nitrogens with zero attached hydrogens (tertiary/aromatic N) is 1. The molecule has 2 heterocycles. The van der Waals surface area contributed by atoms with E-state index >= 15 is 0 Å². The van der Waals surface area contributed by atoms with E-state index in [2.05, 4.69) is 10.3 Å². The first-order chi connectivity index (χ1) is 8.25. The van der Waals surface area contributed by atoms with Gasteiger partial charge < -0.3 is 10.1 Å². The Labute approximate surface area is 99.2 Å². The number of hydrogen-bond donors (Lipinski definition) is 1. The maximum absolute atomic E-state index is 12.8. The molecule has 0 saturated carbocycles. The number of amides is 1. The molecular formula is C12H15FN2O2. The molecule has 1 aromatic heterocycles. The minimum Gasteiger partial charge on any atom is -0.381 e. The molecule has 4 nitrogen and oxygen atoms in total. The highest BCUT2D eigenvalue weighted by Crippen LogP contribution is 2.15. The molecule has 5 heteroatoms. The van der Waals surface area contributed by atoms with Crippen molar-refractivity contribution in [2.24, 2.45) is 5.92 Å². The van der Waals surface area contributed by atoms with Crippen molar-refractivity contribution < 1.29 is 13.9 Å². The van der Waals surface area contributed by atoms with Gasteiger partial charge in [0.2, 0.25) is 5.95 Å². The summed E-state index contributed by atoms with van der Waals surface area (Å²) in [6, 6.07) is 2.63. The van der Waals surface area contributed by atoms with Gasteiger partial charge in [-0.2, -0.15) is 4.39 Å². The lowest BCUT2D eigenvalue weighted by molar-refractivity contribution is 0.0949. The SMILES string of the molecule is O=C(NCCC1CCOC1)c1ccnc(F)c1. The predicted molar refractivity (Wildman–Crippen MR) is 60.1 cm³/mol. The van der Waals surface area contributed by atoms with Crippen LogP contribution in [0.25, 0.3) is 0 Å². The summed E-state index contributed by atoms with van der Waals surface area (Å²) in [6.07, 6.45) is 3.24. The number of pyridine rings is 1. The van der Waals surface area contributed by atoms with Gasteiger partial charge in [0.25, 0.3) is 5.91 Å². The van der Waals surface area contributed by atoms with Gasteiger partial charge >= 0.3 is 0 Å². The highest BCUT2D eigenvalue weighted by atomic mass is 19.1. The zero-order valence-electron chi connectivity index (χ0n) is 9.49. The minimum atomic E-state index is -0.637. The van der Waals surface area contributed by atoms with Gasteiger partial charge in [-0.15, -0.1) is 0 Å². The first kappa shape index (κ1) is 12.0. The van der Waals surface area contributed by atoms with Crippen LogP contribution in [-0.4, -0.2) is 30.6 Å². The Morgan fingerprint density at radius 3 is 3.24 bits per heavy atom. The van der Waals surface area contributed by atoms with Crippen molar-refractivity contribution in [1.29, 1.82) is 0 Å². The van der Waals surface area contributed by atoms with Gasteiger partial charge in [0, 0.05) is 37.6 Å². The van der Waals surface area contributed by atoms with Crippen LogP contribution in [-0.2, 0) is 4.74 Å². The molecule has 1 atom stereocenters. The molecule has 0 aromatic carbocycles. The Morgan fingerprint density at radius 1 is 1.65 bits per heavy atom. The number of hydrogen-bond acceptors (Lipinski definition) is 3. The molecular weight excluding hydrogens is 223 g/mol. The fraction of sp³-hybridized carbons (Fsp3) is 0.500. The molecule has 1 aliphatic heterocycles. The van der Waals surface area contributed by atoms with Crippen molar-refractivity contribution in [3.05, 3.63) is 29.8 Å². The first-order valence-electron chi connectivity index (χ1n) is 5.73. The Balaban J connectivity index is 1.77. The summed E-state index contributed by atoms with van der Waals surface area (Å²) in [5, 5.41) is 2.76. The number of carbonyl (C=O) groups excluding carboxylic acids is 1. The summed E-state index contributed by atoms with van der Waals surface area (Å²) in [5.74, 6) is -0.364. The van der Waals surface area contributed by atoms with Gasteiger partial charge in [0.1, 0.15) is 0 Å². The van der Waals surface area contributed by atoms with Crippen molar-refractivity contribution in [2.45, 2.75) is 12.8 Å². The van der Waals surface area contributed by atoms with E-state index in [9.17, 15) is 9.18 Å². The van der Waals surface area contributed by atoms with Crippen molar-refractivity contribution in [3.8, 4) is 0 Å². The second kappa shape index (κ2) is 5.72. The van der Waals surface area contributed by atoms with Gasteiger partial charge in [-0.3, -0.25) is 4.79 Å². The molecule has 0 radical (unpaired) electrons. The molecule has 1 unspecified atom stereocenters. The molecule has 1 amide bonds. The Kier molecular flexibility index (Phi) is 4.03. The topological polar surface area (TPSA) is 51.2 Å². The van der Waals surface area contributed by atoms with Crippen molar-refractivity contribution in [3.63, 3.8) is 0 Å². The van der Waals surface area contributed by atoms with Crippen LogP contribution in [0.1, 0.15) is 23.2 Å². The van der Waals surface area contributed by atoms with Gasteiger partial charge in [0.15, 0.2) is 0 Å². The summed E-state index contributed by atoms with van der Waals surface area (Å²) >= 11 is 0. The molecule has 1 aromatic rings. The Bertz CT molecular complexity index is 392. The van der Waals surface area contributed by atoms with Crippen molar-refractivity contribution in [2.75, 3.05) is 19.8 Å². The van der Waals surface area contributed by atoms with Gasteiger partial charge in [-0.25, -0.2) is 4.98 Å². The first-order valence-corrected chi connectivity index (χ1v) is 5.73. The minimum absolute atomic E-state index is 0.259. The van der Waals surface area contributed by atoms with Crippen LogP contribution in [0.2, 0.25) is 0 Å². The number of ether oxygens (including phenoxy) is 1. The average molecular weight is 238 g/mol. The molecule has 17 heavy (non-hydrogen) atoms. The molecule has 1 aliphatic rings. The molecule has 0 spiro atoms. The second-order valence-corrected chi connectivity index (χ2v) is 4.14. The van der Waals surface area contributed by atoms with Gasteiger partial charge in [0.05, 0.1) is 0 Å². The van der Waals surface area contributed by atoms with E-state index in [0.29, 0.717) is 18.0 Å². The third-order valence-electron chi connectivity index (χ3n) is 2.85. The Morgan fingerprint density at radius 2 is 2.53 bits per heavy atom. The fourth-order valence-corrected chi connectivity index (χ4v) is 1.85. The predicted octanol–water partition coefficient (Wildman–Crippen LogP) is 1.38. The van der Waals surface area contributed by atoms with E-state index in [0.717, 1.165) is 32.1 Å². The fourth-order valence-electron chi connectivity index (χ4n) is 1.85. The standard InChI is InChI=1S/C12H15FN2O2/c13-11-7-10(2-5-14-11)12(16)15-4-1-9-3-6-17-8-9/h2,5,7,9H,1,3-4,6,8H2,(H,15,16). The van der Waals surface area contributed by atoms with E-state index < -0.39 is 5.95 Å². The van der Waals surface area contributed by atoms with Crippen molar-refractivity contribution in [1.82, 2.24) is 10.3 Å². The number of aromatic nitrogens is 1. The van der Waals surface area contributed by atoms with Crippen LogP contribution in [0.4, 0.5) is 4.39 Å². The number of carbonyl (C=O) groups is 1. The summed E-state index contributed by atoms with van der Waals surface area (Å²) in [4.78, 5) is 15.0. The number of nitrogens with one attached hydrogen (secondary N) is 1. The normalized spacial score (nSPS) is 19.2. The second-order valence-electron chi connectivity index (χ2n) is 4.14. The lowest BCUT2D eigenvalue weighted by Crippen LogP contribution is -2.26. The number of rotatable bonds is 4. The van der Waals surface area contributed by atoms with Crippen LogP contribution in [0.3, 0.4) is 0 Å². The quantitative estimate of drug-likeness (QED) is 0.806. The van der Waals surface area contributed by atoms with Crippen LogP contribution < -0.4 is 5.32 Å². The maximum atomic E-state index is 12.8. The van der Waals surface area contributed by atoms with Crippen LogP contribution in [0, 0.1) is 11.9 Å². The van der Waals surface area contributed by atoms with Gasteiger partial charge in [-0.05, 0) is 24.8 Å². The lowest BCUT2D eigenvalue weighted by atomic mass is 10.1. The van der Waals surface area contributed by atoms with Crippen LogP contribution in [0.15, 0.2) is 18.3 Å². The van der Waals surface area contributed by atoms with E-state index in [4.69, 9.17) is 4.74 Å². The number of halogens is 1. The van der Waals surface area contributed by atoms with E-state index in [1.807, 2.05) is 0 Å². The third kappa shape index (κ3) is 3.49. The molecule has 0 bridgehead atoms. The highest BCUT2D eigenvalue weighted by Gasteiger charge is 2.15. The van der Waals surface area contributed by atoms with E-state index in [-0.39, 0.29) is 5.91 Å². The maximum Gasteiger partial charge on any atom is 0.251 e. The molecule has 1 saturated heterocycles. The summed E-state index contributed by atoms with van der Waals surface area (Å²) in [5.41, 5.74) is 0.306. The highest BCUT2D eigenvalue weighted by molar-refractivity contribution is 5.93. The lowest BCUT2D eigenvalue weighted by Gasteiger charge is -2.08. The third-order valence-corrected chi connectivity index (χ3v) is 2.85. The largest absolute Gasteiger partial charge is 0.381 e. The van der Waals surface area contributed by atoms with E-state index in [1.165, 1.54) is 12.3 Å². The molecule has 1 N–H and O–H groups in total. The molecule has 2 rings (SSSR count). The monoisotopic (exact) mass is 238 g/mol.